The molecular weight excluding hydrogens is 276 g/mol. The van der Waals surface area contributed by atoms with Crippen LogP contribution in [0, 0.1) is 11.6 Å². The van der Waals surface area contributed by atoms with E-state index < -0.39 is 17.3 Å². The largest absolute Gasteiger partial charge is 0.394 e. The molecule has 1 heterocycles. The highest BCUT2D eigenvalue weighted by Crippen LogP contribution is 2.19. The molecule has 1 aromatic rings. The van der Waals surface area contributed by atoms with Crippen LogP contribution in [-0.4, -0.2) is 47.9 Å². The predicted octanol–water partition coefficient (Wildman–Crippen LogP) is 2.10. The molecule has 1 aliphatic heterocycles. The molecule has 1 unspecified atom stereocenters. The summed E-state index contributed by atoms with van der Waals surface area (Å²) in [6.45, 7) is 6.97. The standard InChI is InChI=1S/C15H21F2N3O/c1-3-10(2)19-4-6-20(7-5-19)15(21)11-8-12(16)14(18)13(17)9-11/h8-10H,3-7,18H2,1-2H3. The van der Waals surface area contributed by atoms with Crippen LogP contribution >= 0.6 is 0 Å². The maximum absolute atomic E-state index is 13.4. The number of piperazine rings is 1. The summed E-state index contributed by atoms with van der Waals surface area (Å²) in [5.74, 6) is -2.13. The second-order valence-electron chi connectivity index (χ2n) is 5.44. The van der Waals surface area contributed by atoms with Crippen molar-refractivity contribution in [3.8, 4) is 0 Å². The molecular formula is C15H21F2N3O. The van der Waals surface area contributed by atoms with E-state index in [0.29, 0.717) is 19.1 Å². The van der Waals surface area contributed by atoms with E-state index in [0.717, 1.165) is 31.6 Å². The van der Waals surface area contributed by atoms with Crippen molar-refractivity contribution in [3.63, 3.8) is 0 Å². The van der Waals surface area contributed by atoms with Crippen molar-refractivity contribution in [2.75, 3.05) is 31.9 Å². The van der Waals surface area contributed by atoms with Gasteiger partial charge in [-0.1, -0.05) is 6.92 Å². The van der Waals surface area contributed by atoms with Gasteiger partial charge in [0, 0.05) is 37.8 Å². The lowest BCUT2D eigenvalue weighted by atomic mass is 10.1. The van der Waals surface area contributed by atoms with E-state index in [1.807, 2.05) is 0 Å². The quantitative estimate of drug-likeness (QED) is 0.869. The number of anilines is 1. The monoisotopic (exact) mass is 297 g/mol. The summed E-state index contributed by atoms with van der Waals surface area (Å²) in [6.07, 6.45) is 1.06. The van der Waals surface area contributed by atoms with Crippen molar-refractivity contribution in [2.24, 2.45) is 0 Å². The molecule has 6 heteroatoms. The summed E-state index contributed by atoms with van der Waals surface area (Å²) < 4.78 is 26.9. The van der Waals surface area contributed by atoms with Crippen LogP contribution in [0.3, 0.4) is 0 Å². The number of rotatable bonds is 3. The fourth-order valence-electron chi connectivity index (χ4n) is 2.51. The zero-order valence-corrected chi connectivity index (χ0v) is 12.4. The van der Waals surface area contributed by atoms with Crippen molar-refractivity contribution in [1.29, 1.82) is 0 Å². The minimum absolute atomic E-state index is 0.0104. The third kappa shape index (κ3) is 3.32. The van der Waals surface area contributed by atoms with Crippen LogP contribution in [0.1, 0.15) is 30.6 Å². The van der Waals surface area contributed by atoms with Crippen LogP contribution in [0.25, 0.3) is 0 Å². The molecule has 0 saturated carbocycles. The highest BCUT2D eigenvalue weighted by Gasteiger charge is 2.25. The molecule has 0 radical (unpaired) electrons. The van der Waals surface area contributed by atoms with Crippen LogP contribution in [0.2, 0.25) is 0 Å². The molecule has 1 saturated heterocycles. The number of benzene rings is 1. The van der Waals surface area contributed by atoms with E-state index in [4.69, 9.17) is 5.73 Å². The zero-order valence-electron chi connectivity index (χ0n) is 12.4. The second-order valence-corrected chi connectivity index (χ2v) is 5.44. The molecule has 1 atom stereocenters. The number of carbonyl (C=O) groups excluding carboxylic acids is 1. The number of nitrogens with two attached hydrogens (primary N) is 1. The van der Waals surface area contributed by atoms with Gasteiger partial charge in [-0.25, -0.2) is 8.78 Å². The molecule has 1 fully saturated rings. The van der Waals surface area contributed by atoms with E-state index >= 15 is 0 Å². The number of nitrogens with zero attached hydrogens (tertiary/aromatic N) is 2. The molecule has 2 N–H and O–H groups in total. The Morgan fingerprint density at radius 3 is 2.24 bits per heavy atom. The lowest BCUT2D eigenvalue weighted by Gasteiger charge is -2.37. The van der Waals surface area contributed by atoms with Crippen LogP contribution in [-0.2, 0) is 0 Å². The summed E-state index contributed by atoms with van der Waals surface area (Å²) >= 11 is 0. The normalized spacial score (nSPS) is 17.8. The Morgan fingerprint density at radius 2 is 1.76 bits per heavy atom. The highest BCUT2D eigenvalue weighted by atomic mass is 19.1. The molecule has 0 aromatic heterocycles. The maximum atomic E-state index is 13.4. The number of halogens is 2. The van der Waals surface area contributed by atoms with Crippen LogP contribution in [0.4, 0.5) is 14.5 Å². The molecule has 0 spiro atoms. The minimum atomic E-state index is -0.892. The van der Waals surface area contributed by atoms with Gasteiger partial charge < -0.3 is 10.6 Å². The molecule has 0 aliphatic carbocycles. The van der Waals surface area contributed by atoms with E-state index in [1.165, 1.54) is 0 Å². The Balaban J connectivity index is 2.05. The lowest BCUT2D eigenvalue weighted by molar-refractivity contribution is 0.0579. The SMILES string of the molecule is CCC(C)N1CCN(C(=O)c2cc(F)c(N)c(F)c2)CC1. The first-order chi connectivity index (χ1) is 9.93. The minimum Gasteiger partial charge on any atom is -0.394 e. The molecule has 116 valence electrons. The topological polar surface area (TPSA) is 49.6 Å². The zero-order chi connectivity index (χ0) is 15.6. The van der Waals surface area contributed by atoms with Crippen molar-refractivity contribution in [2.45, 2.75) is 26.3 Å². The van der Waals surface area contributed by atoms with E-state index in [9.17, 15) is 13.6 Å². The summed E-state index contributed by atoms with van der Waals surface area (Å²) in [5, 5.41) is 0. The fourth-order valence-corrected chi connectivity index (χ4v) is 2.51. The van der Waals surface area contributed by atoms with Crippen LogP contribution < -0.4 is 5.73 Å². The number of nitrogen functional groups attached to an aromatic ring is 1. The average Bonchev–Trinajstić information content (AvgIpc) is 2.50. The van der Waals surface area contributed by atoms with Gasteiger partial charge in [-0.2, -0.15) is 0 Å². The number of hydrogen-bond acceptors (Lipinski definition) is 3. The van der Waals surface area contributed by atoms with Gasteiger partial charge in [0.1, 0.15) is 17.3 Å². The molecule has 1 aromatic carbocycles. The Bertz CT molecular complexity index is 505. The third-order valence-corrected chi connectivity index (χ3v) is 4.14. The van der Waals surface area contributed by atoms with Gasteiger partial charge in [0.05, 0.1) is 0 Å². The van der Waals surface area contributed by atoms with E-state index in [1.54, 1.807) is 4.90 Å². The third-order valence-electron chi connectivity index (χ3n) is 4.14. The van der Waals surface area contributed by atoms with Gasteiger partial charge >= 0.3 is 0 Å². The van der Waals surface area contributed by atoms with Gasteiger partial charge in [-0.05, 0) is 25.5 Å². The van der Waals surface area contributed by atoms with Gasteiger partial charge in [0.25, 0.3) is 5.91 Å². The molecule has 1 aliphatic rings. The molecule has 4 nitrogen and oxygen atoms in total. The molecule has 1 amide bonds. The van der Waals surface area contributed by atoms with Gasteiger partial charge in [-0.3, -0.25) is 9.69 Å². The Hall–Kier alpha value is -1.69. The van der Waals surface area contributed by atoms with E-state index in [2.05, 4.69) is 18.7 Å². The first-order valence-corrected chi connectivity index (χ1v) is 7.21. The van der Waals surface area contributed by atoms with Crippen molar-refractivity contribution in [1.82, 2.24) is 9.80 Å². The second kappa shape index (κ2) is 6.39. The van der Waals surface area contributed by atoms with Crippen molar-refractivity contribution >= 4 is 11.6 Å². The summed E-state index contributed by atoms with van der Waals surface area (Å²) in [5.41, 5.74) is 4.68. The molecule has 2 rings (SSSR count). The summed E-state index contributed by atoms with van der Waals surface area (Å²) in [7, 11) is 0. The average molecular weight is 297 g/mol. The summed E-state index contributed by atoms with van der Waals surface area (Å²) in [4.78, 5) is 16.2. The number of carbonyl (C=O) groups is 1. The van der Waals surface area contributed by atoms with Crippen LogP contribution in [0.5, 0.6) is 0 Å². The van der Waals surface area contributed by atoms with Gasteiger partial charge in [0.2, 0.25) is 0 Å². The highest BCUT2D eigenvalue weighted by molar-refractivity contribution is 5.94. The lowest BCUT2D eigenvalue weighted by Crippen LogP contribution is -2.51. The number of hydrogen-bond donors (Lipinski definition) is 1. The van der Waals surface area contributed by atoms with Crippen molar-refractivity contribution in [3.05, 3.63) is 29.3 Å². The first kappa shape index (κ1) is 15.7. The Labute approximate surface area is 123 Å². The Morgan fingerprint density at radius 1 is 1.24 bits per heavy atom. The molecule has 21 heavy (non-hydrogen) atoms. The van der Waals surface area contributed by atoms with Crippen molar-refractivity contribution < 1.29 is 13.6 Å². The number of amides is 1. The smallest absolute Gasteiger partial charge is 0.254 e. The predicted molar refractivity (Wildman–Crippen MR) is 78.0 cm³/mol. The summed E-state index contributed by atoms with van der Waals surface area (Å²) in [6, 6.07) is 2.48. The van der Waals surface area contributed by atoms with Gasteiger partial charge in [-0.15, -0.1) is 0 Å². The Kier molecular flexibility index (Phi) is 4.77. The van der Waals surface area contributed by atoms with Crippen LogP contribution in [0.15, 0.2) is 12.1 Å². The van der Waals surface area contributed by atoms with E-state index in [-0.39, 0.29) is 11.5 Å². The first-order valence-electron chi connectivity index (χ1n) is 7.21. The van der Waals surface area contributed by atoms with Gasteiger partial charge in [0.15, 0.2) is 0 Å². The maximum Gasteiger partial charge on any atom is 0.254 e. The fraction of sp³-hybridized carbons (Fsp3) is 0.533. The molecule has 0 bridgehead atoms.